The number of rotatable bonds is 7. The molecule has 0 bridgehead atoms. The Bertz CT molecular complexity index is 615. The Kier molecular flexibility index (Phi) is 5.16. The minimum Gasteiger partial charge on any atom is -0.489 e. The van der Waals surface area contributed by atoms with E-state index in [1.54, 1.807) is 30.3 Å². The van der Waals surface area contributed by atoms with Crippen LogP contribution in [0.2, 0.25) is 0 Å². The molecule has 0 heterocycles. The quantitative estimate of drug-likeness (QED) is 0.557. The van der Waals surface area contributed by atoms with E-state index in [1.807, 2.05) is 18.2 Å². The summed E-state index contributed by atoms with van der Waals surface area (Å²) in [5, 5.41) is 0. The van der Waals surface area contributed by atoms with Crippen molar-refractivity contribution in [3.05, 3.63) is 66.2 Å². The first-order valence-corrected chi connectivity index (χ1v) is 6.86. The van der Waals surface area contributed by atoms with Crippen molar-refractivity contribution in [2.45, 2.75) is 13.3 Å². The highest BCUT2D eigenvalue weighted by Crippen LogP contribution is 2.29. The fraction of sp³-hybridized carbons (Fsp3) is 0.167. The van der Waals surface area contributed by atoms with Crippen molar-refractivity contribution in [2.75, 3.05) is 6.61 Å². The standard InChI is InChI=1S/C18H18O3/c1-3-11-20-18-12-17(10-7-15(18)4-2)21-16-8-5-14(13-19)6-9-16/h3,5-10,12-13H,1,4,11H2,2H3. The van der Waals surface area contributed by atoms with E-state index in [-0.39, 0.29) is 0 Å². The van der Waals surface area contributed by atoms with E-state index >= 15 is 0 Å². The summed E-state index contributed by atoms with van der Waals surface area (Å²) in [6.45, 7) is 6.19. The van der Waals surface area contributed by atoms with Crippen molar-refractivity contribution in [1.82, 2.24) is 0 Å². The van der Waals surface area contributed by atoms with E-state index in [2.05, 4.69) is 13.5 Å². The number of ether oxygens (including phenoxy) is 2. The molecule has 3 heteroatoms. The van der Waals surface area contributed by atoms with Crippen LogP contribution < -0.4 is 9.47 Å². The van der Waals surface area contributed by atoms with Crippen molar-refractivity contribution in [1.29, 1.82) is 0 Å². The molecule has 3 nitrogen and oxygen atoms in total. The van der Waals surface area contributed by atoms with Crippen molar-refractivity contribution in [3.8, 4) is 17.2 Å². The molecule has 2 aromatic carbocycles. The Balaban J connectivity index is 2.18. The normalized spacial score (nSPS) is 9.95. The maximum absolute atomic E-state index is 10.6. The molecule has 0 amide bonds. The molecule has 108 valence electrons. The zero-order valence-electron chi connectivity index (χ0n) is 12.0. The Morgan fingerprint density at radius 2 is 1.81 bits per heavy atom. The average Bonchev–Trinajstić information content (AvgIpc) is 2.54. The maximum Gasteiger partial charge on any atom is 0.150 e. The molecule has 2 rings (SSSR count). The van der Waals surface area contributed by atoms with E-state index < -0.39 is 0 Å². The van der Waals surface area contributed by atoms with E-state index in [4.69, 9.17) is 9.47 Å². The van der Waals surface area contributed by atoms with Crippen LogP contribution in [0.4, 0.5) is 0 Å². The minimum absolute atomic E-state index is 0.463. The second-order valence-electron chi connectivity index (χ2n) is 4.51. The number of benzene rings is 2. The molecule has 0 aliphatic carbocycles. The van der Waals surface area contributed by atoms with Crippen LogP contribution in [0, 0.1) is 0 Å². The van der Waals surface area contributed by atoms with Gasteiger partial charge in [0.2, 0.25) is 0 Å². The first kappa shape index (κ1) is 14.9. The zero-order valence-corrected chi connectivity index (χ0v) is 12.0. The first-order chi connectivity index (χ1) is 10.3. The maximum atomic E-state index is 10.6. The lowest BCUT2D eigenvalue weighted by Gasteiger charge is -2.12. The summed E-state index contributed by atoms with van der Waals surface area (Å²) in [5.41, 5.74) is 1.75. The van der Waals surface area contributed by atoms with Crippen LogP contribution in [-0.4, -0.2) is 12.9 Å². The summed E-state index contributed by atoms with van der Waals surface area (Å²) < 4.78 is 11.4. The molecule has 0 N–H and O–H groups in total. The van der Waals surface area contributed by atoms with E-state index in [1.165, 1.54) is 0 Å². The van der Waals surface area contributed by atoms with Gasteiger partial charge in [0.25, 0.3) is 0 Å². The summed E-state index contributed by atoms with van der Waals surface area (Å²) in [6, 6.07) is 12.7. The van der Waals surface area contributed by atoms with Gasteiger partial charge in [-0.2, -0.15) is 0 Å². The van der Waals surface area contributed by atoms with E-state index in [0.717, 1.165) is 24.0 Å². The van der Waals surface area contributed by atoms with Gasteiger partial charge in [0, 0.05) is 11.6 Å². The van der Waals surface area contributed by atoms with Gasteiger partial charge in [0.05, 0.1) is 0 Å². The number of aldehydes is 1. The molecule has 0 unspecified atom stereocenters. The zero-order chi connectivity index (χ0) is 15.1. The number of carbonyl (C=O) groups is 1. The van der Waals surface area contributed by atoms with Crippen molar-refractivity contribution >= 4 is 6.29 Å². The number of aryl methyl sites for hydroxylation is 1. The van der Waals surface area contributed by atoms with Crippen LogP contribution in [0.3, 0.4) is 0 Å². The third kappa shape index (κ3) is 3.96. The third-order valence-corrected chi connectivity index (χ3v) is 3.03. The van der Waals surface area contributed by atoms with Crippen molar-refractivity contribution in [2.24, 2.45) is 0 Å². The molecule has 0 saturated heterocycles. The van der Waals surface area contributed by atoms with Crippen molar-refractivity contribution in [3.63, 3.8) is 0 Å². The topological polar surface area (TPSA) is 35.5 Å². The van der Waals surface area contributed by atoms with Crippen LogP contribution in [0.25, 0.3) is 0 Å². The summed E-state index contributed by atoms with van der Waals surface area (Å²) in [7, 11) is 0. The predicted octanol–water partition coefficient (Wildman–Crippen LogP) is 4.42. The Morgan fingerprint density at radius 3 is 2.43 bits per heavy atom. The largest absolute Gasteiger partial charge is 0.489 e. The Morgan fingerprint density at radius 1 is 1.10 bits per heavy atom. The molecular weight excluding hydrogens is 264 g/mol. The molecule has 21 heavy (non-hydrogen) atoms. The third-order valence-electron chi connectivity index (χ3n) is 3.03. The van der Waals surface area contributed by atoms with Crippen LogP contribution in [0.1, 0.15) is 22.8 Å². The number of hydrogen-bond acceptors (Lipinski definition) is 3. The van der Waals surface area contributed by atoms with Gasteiger partial charge < -0.3 is 9.47 Å². The molecule has 0 radical (unpaired) electrons. The highest BCUT2D eigenvalue weighted by Gasteiger charge is 2.05. The van der Waals surface area contributed by atoms with Crippen LogP contribution in [0.15, 0.2) is 55.1 Å². The van der Waals surface area contributed by atoms with Crippen molar-refractivity contribution < 1.29 is 14.3 Å². The molecule has 0 spiro atoms. The van der Waals surface area contributed by atoms with Gasteiger partial charge in [-0.15, -0.1) is 0 Å². The lowest BCUT2D eigenvalue weighted by Crippen LogP contribution is -1.97. The van der Waals surface area contributed by atoms with Gasteiger partial charge in [-0.3, -0.25) is 4.79 Å². The molecule has 0 fully saturated rings. The van der Waals surface area contributed by atoms with Crippen LogP contribution in [-0.2, 0) is 6.42 Å². The molecule has 0 saturated carbocycles. The fourth-order valence-corrected chi connectivity index (χ4v) is 1.92. The van der Waals surface area contributed by atoms with Gasteiger partial charge in [-0.1, -0.05) is 25.6 Å². The highest BCUT2D eigenvalue weighted by atomic mass is 16.5. The first-order valence-electron chi connectivity index (χ1n) is 6.86. The van der Waals surface area contributed by atoms with Crippen LogP contribution in [0.5, 0.6) is 17.2 Å². The number of hydrogen-bond donors (Lipinski definition) is 0. The summed E-state index contributed by atoms with van der Waals surface area (Å²) in [6.07, 6.45) is 3.41. The van der Waals surface area contributed by atoms with E-state index in [0.29, 0.717) is 23.7 Å². The Labute approximate surface area is 124 Å². The second-order valence-corrected chi connectivity index (χ2v) is 4.51. The molecule has 0 aliphatic rings. The van der Waals surface area contributed by atoms with Gasteiger partial charge >= 0.3 is 0 Å². The monoisotopic (exact) mass is 282 g/mol. The highest BCUT2D eigenvalue weighted by molar-refractivity contribution is 5.74. The van der Waals surface area contributed by atoms with Crippen LogP contribution >= 0.6 is 0 Å². The number of carbonyl (C=O) groups excluding carboxylic acids is 1. The van der Waals surface area contributed by atoms with Gasteiger partial charge in [0.15, 0.2) is 0 Å². The van der Waals surface area contributed by atoms with E-state index in [9.17, 15) is 4.79 Å². The molecular formula is C18H18O3. The molecule has 0 aromatic heterocycles. The smallest absolute Gasteiger partial charge is 0.150 e. The molecule has 0 atom stereocenters. The minimum atomic E-state index is 0.463. The SMILES string of the molecule is C=CCOc1cc(Oc2ccc(C=O)cc2)ccc1CC. The van der Waals surface area contributed by atoms with Gasteiger partial charge in [-0.25, -0.2) is 0 Å². The fourth-order valence-electron chi connectivity index (χ4n) is 1.92. The molecule has 2 aromatic rings. The Hall–Kier alpha value is -2.55. The summed E-state index contributed by atoms with van der Waals surface area (Å²) >= 11 is 0. The predicted molar refractivity (Wildman–Crippen MR) is 83.4 cm³/mol. The average molecular weight is 282 g/mol. The summed E-state index contributed by atoms with van der Waals surface area (Å²) in [5.74, 6) is 2.18. The van der Waals surface area contributed by atoms with Gasteiger partial charge in [-0.05, 0) is 42.3 Å². The summed E-state index contributed by atoms with van der Waals surface area (Å²) in [4.78, 5) is 10.6. The second kappa shape index (κ2) is 7.29. The lowest BCUT2D eigenvalue weighted by atomic mass is 10.1. The van der Waals surface area contributed by atoms with Gasteiger partial charge in [0.1, 0.15) is 30.1 Å². The molecule has 0 aliphatic heterocycles. The lowest BCUT2D eigenvalue weighted by molar-refractivity contribution is 0.112.